The molecule has 1 saturated heterocycles. The van der Waals surface area contributed by atoms with Gasteiger partial charge in [-0.3, -0.25) is 9.69 Å². The maximum Gasteiger partial charge on any atom is 0.338 e. The molecule has 1 N–H and O–H groups in total. The van der Waals surface area contributed by atoms with E-state index in [1.165, 1.54) is 29.8 Å². The number of ether oxygens (including phenoxy) is 2. The molecule has 2 aromatic rings. The topological polar surface area (TPSA) is 88.4 Å². The van der Waals surface area contributed by atoms with E-state index in [4.69, 9.17) is 9.47 Å². The Balaban J connectivity index is 1.82. The smallest absolute Gasteiger partial charge is 0.338 e. The van der Waals surface area contributed by atoms with Crippen LogP contribution in [0.1, 0.15) is 22.8 Å². The Kier molecular flexibility index (Phi) is 6.23. The second-order valence-electron chi connectivity index (χ2n) is 6.07. The highest BCUT2D eigenvalue weighted by molar-refractivity contribution is 8.18. The fourth-order valence-electron chi connectivity index (χ4n) is 2.58. The molecule has 1 amide bonds. The highest BCUT2D eigenvalue weighted by atomic mass is 32.2. The highest BCUT2D eigenvalue weighted by Gasteiger charge is 2.30. The first-order chi connectivity index (χ1) is 13.9. The third-order valence-electron chi connectivity index (χ3n) is 4.11. The second kappa shape index (κ2) is 8.83. The van der Waals surface area contributed by atoms with E-state index in [0.717, 1.165) is 5.56 Å². The molecule has 8 heteroatoms. The lowest BCUT2D eigenvalue weighted by molar-refractivity contribution is -0.121. The van der Waals surface area contributed by atoms with Gasteiger partial charge in [0.25, 0.3) is 5.91 Å². The van der Waals surface area contributed by atoms with Crippen LogP contribution < -0.4 is 4.74 Å². The van der Waals surface area contributed by atoms with Crippen molar-refractivity contribution in [1.82, 2.24) is 4.90 Å². The van der Waals surface area contributed by atoms with Crippen LogP contribution in [0.15, 0.2) is 52.4 Å². The molecule has 2 aromatic carbocycles. The number of phenolic OH excluding ortho intramolecular Hbond substituents is 1. The molecule has 150 valence electrons. The third kappa shape index (κ3) is 4.60. The number of benzene rings is 2. The molecule has 7 nitrogen and oxygen atoms in total. The molecule has 0 radical (unpaired) electrons. The zero-order valence-corrected chi connectivity index (χ0v) is 17.0. The van der Waals surface area contributed by atoms with Crippen molar-refractivity contribution < 1.29 is 24.2 Å². The minimum atomic E-state index is -0.385. The van der Waals surface area contributed by atoms with E-state index in [1.807, 2.05) is 0 Å². The summed E-state index contributed by atoms with van der Waals surface area (Å²) < 4.78 is 10.1. The molecule has 1 aliphatic rings. The summed E-state index contributed by atoms with van der Waals surface area (Å²) in [5.41, 5.74) is 1.79. The number of methoxy groups -OCH3 is 1. The van der Waals surface area contributed by atoms with E-state index in [1.54, 1.807) is 56.4 Å². The van der Waals surface area contributed by atoms with Crippen molar-refractivity contribution in [3.05, 3.63) is 58.5 Å². The summed E-state index contributed by atoms with van der Waals surface area (Å²) in [4.78, 5) is 30.8. The summed E-state index contributed by atoms with van der Waals surface area (Å²) in [6.45, 7) is 2.07. The molecule has 0 spiro atoms. The SMILES string of the molecule is CCOC(=O)c1ccc(N=C2S/C(=C\c3ccc(O)c(OC)c3)C(=O)N2C)cc1. The van der Waals surface area contributed by atoms with Gasteiger partial charge in [-0.15, -0.1) is 0 Å². The van der Waals surface area contributed by atoms with E-state index >= 15 is 0 Å². The predicted octanol–water partition coefficient (Wildman–Crippen LogP) is 3.81. The first kappa shape index (κ1) is 20.5. The van der Waals surface area contributed by atoms with Crippen molar-refractivity contribution in [2.45, 2.75) is 6.92 Å². The maximum atomic E-state index is 12.6. The Labute approximate surface area is 172 Å². The van der Waals surface area contributed by atoms with Gasteiger partial charge in [-0.05, 0) is 66.7 Å². The number of aromatic hydroxyl groups is 1. The number of thioether (sulfide) groups is 1. The van der Waals surface area contributed by atoms with Crippen molar-refractivity contribution in [3.63, 3.8) is 0 Å². The van der Waals surface area contributed by atoms with Crippen molar-refractivity contribution in [2.24, 2.45) is 4.99 Å². The Bertz CT molecular complexity index is 999. The largest absolute Gasteiger partial charge is 0.504 e. The number of phenols is 1. The molecule has 29 heavy (non-hydrogen) atoms. The van der Waals surface area contributed by atoms with Crippen LogP contribution >= 0.6 is 11.8 Å². The molecule has 0 aliphatic carbocycles. The third-order valence-corrected chi connectivity index (χ3v) is 5.17. The number of aliphatic imine (C=N–C) groups is 1. The summed E-state index contributed by atoms with van der Waals surface area (Å²) in [5, 5.41) is 10.2. The van der Waals surface area contributed by atoms with E-state index in [2.05, 4.69) is 4.99 Å². The lowest BCUT2D eigenvalue weighted by Gasteiger charge is -2.07. The van der Waals surface area contributed by atoms with Gasteiger partial charge in [0.1, 0.15) is 0 Å². The van der Waals surface area contributed by atoms with Gasteiger partial charge < -0.3 is 14.6 Å². The molecule has 0 saturated carbocycles. The average Bonchev–Trinajstić information content (AvgIpc) is 2.98. The van der Waals surface area contributed by atoms with Crippen LogP contribution in [0.5, 0.6) is 11.5 Å². The quantitative estimate of drug-likeness (QED) is 0.593. The summed E-state index contributed by atoms with van der Waals surface area (Å²) in [5.74, 6) is -0.197. The molecule has 0 atom stereocenters. The van der Waals surface area contributed by atoms with Crippen molar-refractivity contribution in [3.8, 4) is 11.5 Å². The Morgan fingerprint density at radius 3 is 2.62 bits per heavy atom. The summed E-state index contributed by atoms with van der Waals surface area (Å²) >= 11 is 1.25. The Hall–Kier alpha value is -3.26. The van der Waals surface area contributed by atoms with Gasteiger partial charge in [0, 0.05) is 7.05 Å². The molecular weight excluding hydrogens is 392 g/mol. The van der Waals surface area contributed by atoms with Crippen LogP contribution in [0.2, 0.25) is 0 Å². The van der Waals surface area contributed by atoms with Crippen molar-refractivity contribution in [2.75, 3.05) is 20.8 Å². The number of carbonyl (C=O) groups excluding carboxylic acids is 2. The second-order valence-corrected chi connectivity index (χ2v) is 7.08. The highest BCUT2D eigenvalue weighted by Crippen LogP contribution is 2.34. The van der Waals surface area contributed by atoms with Gasteiger partial charge in [0.05, 0.1) is 29.9 Å². The number of hydrogen-bond donors (Lipinski definition) is 1. The van der Waals surface area contributed by atoms with E-state index in [9.17, 15) is 14.7 Å². The van der Waals surface area contributed by atoms with Crippen LogP contribution in [0.3, 0.4) is 0 Å². The van der Waals surface area contributed by atoms with Gasteiger partial charge in [0.15, 0.2) is 16.7 Å². The number of nitrogens with zero attached hydrogens (tertiary/aromatic N) is 2. The van der Waals surface area contributed by atoms with Crippen molar-refractivity contribution in [1.29, 1.82) is 0 Å². The standard InChI is InChI=1S/C21H20N2O5S/c1-4-28-20(26)14-6-8-15(9-7-14)22-21-23(2)19(25)18(29-21)12-13-5-10-16(24)17(11-13)27-3/h5-12,24H,4H2,1-3H3/b18-12-,22-21?. The maximum absolute atomic E-state index is 12.6. The number of esters is 1. The first-order valence-corrected chi connectivity index (χ1v) is 9.65. The lowest BCUT2D eigenvalue weighted by Crippen LogP contribution is -2.23. The van der Waals surface area contributed by atoms with Crippen molar-refractivity contribution >= 4 is 40.6 Å². The molecule has 1 fully saturated rings. The number of rotatable bonds is 5. The van der Waals surface area contributed by atoms with E-state index in [-0.39, 0.29) is 17.6 Å². The number of amides is 1. The Morgan fingerprint density at radius 1 is 1.24 bits per heavy atom. The Morgan fingerprint density at radius 2 is 1.97 bits per heavy atom. The van der Waals surface area contributed by atoms with Crippen LogP contribution in [0.4, 0.5) is 5.69 Å². The van der Waals surface area contributed by atoms with E-state index in [0.29, 0.717) is 33.7 Å². The molecular formula is C21H20N2O5S. The average molecular weight is 412 g/mol. The molecule has 1 heterocycles. The van der Waals surface area contributed by atoms with E-state index < -0.39 is 0 Å². The van der Waals surface area contributed by atoms with Gasteiger partial charge in [-0.1, -0.05) is 6.07 Å². The zero-order valence-electron chi connectivity index (χ0n) is 16.2. The first-order valence-electron chi connectivity index (χ1n) is 8.83. The van der Waals surface area contributed by atoms with Gasteiger partial charge in [-0.25, -0.2) is 9.79 Å². The van der Waals surface area contributed by atoms with Crippen LogP contribution in [0.25, 0.3) is 6.08 Å². The summed E-state index contributed by atoms with van der Waals surface area (Å²) in [6, 6.07) is 11.5. The predicted molar refractivity (Wildman–Crippen MR) is 112 cm³/mol. The lowest BCUT2D eigenvalue weighted by atomic mass is 10.2. The molecule has 0 aromatic heterocycles. The van der Waals surface area contributed by atoms with Gasteiger partial charge >= 0.3 is 5.97 Å². The normalized spacial score (nSPS) is 16.5. The zero-order chi connectivity index (χ0) is 21.0. The number of amidine groups is 1. The molecule has 0 bridgehead atoms. The molecule has 0 unspecified atom stereocenters. The van der Waals surface area contributed by atoms with Gasteiger partial charge in [-0.2, -0.15) is 0 Å². The van der Waals surface area contributed by atoms with Crippen LogP contribution in [-0.2, 0) is 9.53 Å². The summed E-state index contributed by atoms with van der Waals surface area (Å²) in [7, 11) is 3.12. The fourth-order valence-corrected chi connectivity index (χ4v) is 3.57. The molecule has 1 aliphatic heterocycles. The fraction of sp³-hybridized carbons (Fsp3) is 0.190. The minimum Gasteiger partial charge on any atom is -0.504 e. The van der Waals surface area contributed by atoms with Crippen LogP contribution in [0, 0.1) is 0 Å². The van der Waals surface area contributed by atoms with Crippen LogP contribution in [-0.4, -0.2) is 47.8 Å². The number of hydrogen-bond acceptors (Lipinski definition) is 7. The number of carbonyl (C=O) groups is 2. The minimum absolute atomic E-state index is 0.0330. The molecule has 3 rings (SSSR count). The monoisotopic (exact) mass is 412 g/mol. The number of likely N-dealkylation sites (N-methyl/N-ethyl adjacent to an activating group) is 1. The summed E-state index contributed by atoms with van der Waals surface area (Å²) in [6.07, 6.45) is 1.72. The van der Waals surface area contributed by atoms with Gasteiger partial charge in [0.2, 0.25) is 0 Å².